The number of ether oxygens (including phenoxy) is 2. The zero-order valence-corrected chi connectivity index (χ0v) is 18.0. The summed E-state index contributed by atoms with van der Waals surface area (Å²) in [6, 6.07) is 8.78. The topological polar surface area (TPSA) is 157 Å². The van der Waals surface area contributed by atoms with Gasteiger partial charge in [-0.2, -0.15) is 4.98 Å². The number of nitro groups is 1. The molecule has 0 unspecified atom stereocenters. The number of rotatable bonds is 8. The molecule has 3 N–H and O–H groups in total. The van der Waals surface area contributed by atoms with Gasteiger partial charge in [0.2, 0.25) is 0 Å². The second-order valence-electron chi connectivity index (χ2n) is 6.92. The highest BCUT2D eigenvalue weighted by Gasteiger charge is 2.21. The number of carbonyl (C=O) groups excluding carboxylic acids is 1. The van der Waals surface area contributed by atoms with Gasteiger partial charge in [0, 0.05) is 5.69 Å². The number of nitrogens with one attached hydrogen (secondary N) is 2. The van der Waals surface area contributed by atoms with E-state index in [9.17, 15) is 29.2 Å². The molecule has 3 rings (SSSR count). The van der Waals surface area contributed by atoms with Gasteiger partial charge in [-0.15, -0.1) is 0 Å². The molecular formula is C22H19FN4O7. The average molecular weight is 470 g/mol. The largest absolute Gasteiger partial charge is 0.493 e. The zero-order chi connectivity index (χ0) is 24.8. The van der Waals surface area contributed by atoms with Gasteiger partial charge in [-0.1, -0.05) is 18.2 Å². The third kappa shape index (κ3) is 5.73. The van der Waals surface area contributed by atoms with E-state index in [0.717, 1.165) is 0 Å². The summed E-state index contributed by atoms with van der Waals surface area (Å²) in [4.78, 5) is 39.4. The number of methoxy groups -OCH3 is 1. The summed E-state index contributed by atoms with van der Waals surface area (Å²) in [6.45, 7) is 1.38. The maximum atomic E-state index is 13.4. The van der Waals surface area contributed by atoms with Crippen LogP contribution in [0.15, 0.2) is 41.2 Å². The quantitative estimate of drug-likeness (QED) is 0.335. The van der Waals surface area contributed by atoms with Crippen molar-refractivity contribution in [1.29, 1.82) is 0 Å². The van der Waals surface area contributed by atoms with Crippen LogP contribution in [0, 0.1) is 22.9 Å². The van der Waals surface area contributed by atoms with E-state index < -0.39 is 33.8 Å². The molecule has 0 aliphatic carbocycles. The normalized spacial score (nSPS) is 10.8. The number of H-pyrrole nitrogens is 1. The average Bonchev–Trinajstić information content (AvgIpc) is 2.78. The summed E-state index contributed by atoms with van der Waals surface area (Å²) in [5.74, 6) is -1.50. The third-order valence-corrected chi connectivity index (χ3v) is 4.53. The Kier molecular flexibility index (Phi) is 7.21. The highest BCUT2D eigenvalue weighted by Crippen LogP contribution is 2.29. The van der Waals surface area contributed by atoms with Crippen molar-refractivity contribution in [3.05, 3.63) is 79.6 Å². The number of nitrogens with zero attached hydrogens (tertiary/aromatic N) is 2. The number of carbonyl (C=O) groups is 1. The van der Waals surface area contributed by atoms with Crippen LogP contribution in [-0.4, -0.2) is 39.6 Å². The molecule has 0 aliphatic rings. The van der Waals surface area contributed by atoms with Crippen LogP contribution in [0.25, 0.3) is 12.2 Å². The summed E-state index contributed by atoms with van der Waals surface area (Å²) < 4.78 is 24.2. The Balaban J connectivity index is 1.69. The number of aromatic amines is 1. The monoisotopic (exact) mass is 470 g/mol. The molecule has 0 saturated heterocycles. The lowest BCUT2D eigenvalue weighted by Gasteiger charge is -2.12. The lowest BCUT2D eigenvalue weighted by Crippen LogP contribution is -2.21. The van der Waals surface area contributed by atoms with E-state index in [1.54, 1.807) is 31.2 Å². The van der Waals surface area contributed by atoms with Gasteiger partial charge in [0.25, 0.3) is 11.8 Å². The van der Waals surface area contributed by atoms with Crippen molar-refractivity contribution in [2.45, 2.75) is 6.92 Å². The maximum Gasteiger partial charge on any atom is 0.395 e. The molecule has 0 saturated carbocycles. The fourth-order valence-corrected chi connectivity index (χ4v) is 2.86. The number of aryl methyl sites for hydroxylation is 1. The van der Waals surface area contributed by atoms with Crippen LogP contribution in [0.1, 0.15) is 17.0 Å². The Morgan fingerprint density at radius 3 is 2.71 bits per heavy atom. The number of benzene rings is 2. The number of aromatic hydroxyl groups is 1. The van der Waals surface area contributed by atoms with Crippen LogP contribution in [0.2, 0.25) is 0 Å². The molecule has 0 aliphatic heterocycles. The van der Waals surface area contributed by atoms with Gasteiger partial charge in [-0.3, -0.25) is 19.7 Å². The second-order valence-corrected chi connectivity index (χ2v) is 6.92. The Labute approximate surface area is 191 Å². The molecule has 176 valence electrons. The fraction of sp³-hybridized carbons (Fsp3) is 0.136. The SMILES string of the molecule is COc1cc(/C=C/c2nc(O)c([N+](=O)[O-])c(=O)[nH]2)ccc1OCC(=O)Nc1cc(F)ccc1C. The zero-order valence-electron chi connectivity index (χ0n) is 18.0. The fourth-order valence-electron chi connectivity index (χ4n) is 2.86. The van der Waals surface area contributed by atoms with Crippen molar-refractivity contribution in [1.82, 2.24) is 9.97 Å². The minimum atomic E-state index is -1.09. The van der Waals surface area contributed by atoms with Crippen molar-refractivity contribution < 1.29 is 28.7 Å². The summed E-state index contributed by atoms with van der Waals surface area (Å²) >= 11 is 0. The van der Waals surface area contributed by atoms with E-state index in [1.165, 1.54) is 31.4 Å². The minimum Gasteiger partial charge on any atom is -0.493 e. The first-order valence-electron chi connectivity index (χ1n) is 9.70. The Bertz CT molecular complexity index is 1340. The molecule has 0 radical (unpaired) electrons. The summed E-state index contributed by atoms with van der Waals surface area (Å²) in [7, 11) is 1.40. The van der Waals surface area contributed by atoms with Crippen molar-refractivity contribution >= 4 is 29.4 Å². The van der Waals surface area contributed by atoms with Crippen molar-refractivity contribution in [3.63, 3.8) is 0 Å². The predicted octanol–water partition coefficient (Wildman–Crippen LogP) is 3.03. The second kappa shape index (κ2) is 10.3. The van der Waals surface area contributed by atoms with E-state index in [2.05, 4.69) is 15.3 Å². The molecule has 1 aromatic heterocycles. The Morgan fingerprint density at radius 1 is 1.26 bits per heavy atom. The maximum absolute atomic E-state index is 13.4. The van der Waals surface area contributed by atoms with Gasteiger partial charge < -0.3 is 24.9 Å². The molecule has 2 aromatic carbocycles. The van der Waals surface area contributed by atoms with Crippen molar-refractivity contribution in [2.24, 2.45) is 0 Å². The van der Waals surface area contributed by atoms with Crippen LogP contribution in [0.4, 0.5) is 15.8 Å². The van der Waals surface area contributed by atoms with Crippen molar-refractivity contribution in [2.75, 3.05) is 19.0 Å². The molecule has 12 heteroatoms. The summed E-state index contributed by atoms with van der Waals surface area (Å²) in [6.07, 6.45) is 2.84. The standard InChI is InChI=1S/C22H19FN4O7/c1-12-3-6-14(23)10-15(12)24-19(28)11-34-16-7-4-13(9-17(16)33-2)5-8-18-25-21(29)20(27(31)32)22(30)26-18/h3-10H,11H2,1-2H3,(H,24,28)(H2,25,26,29,30)/b8-5+. The number of anilines is 1. The summed E-state index contributed by atoms with van der Waals surface area (Å²) in [5.41, 5.74) is -0.530. The smallest absolute Gasteiger partial charge is 0.395 e. The molecule has 3 aromatic rings. The van der Waals surface area contributed by atoms with Gasteiger partial charge in [0.15, 0.2) is 18.1 Å². The van der Waals surface area contributed by atoms with E-state index >= 15 is 0 Å². The van der Waals surface area contributed by atoms with Crippen LogP contribution in [0.5, 0.6) is 17.4 Å². The molecule has 0 spiro atoms. The van der Waals surface area contributed by atoms with Crippen LogP contribution < -0.4 is 20.3 Å². The molecule has 0 bridgehead atoms. The molecule has 1 heterocycles. The lowest BCUT2D eigenvalue weighted by atomic mass is 10.2. The first-order valence-corrected chi connectivity index (χ1v) is 9.70. The van der Waals surface area contributed by atoms with Gasteiger partial charge >= 0.3 is 11.2 Å². The molecular weight excluding hydrogens is 451 g/mol. The summed E-state index contributed by atoms with van der Waals surface area (Å²) in [5, 5.41) is 22.9. The number of aromatic nitrogens is 2. The number of amides is 1. The Morgan fingerprint density at radius 2 is 2.03 bits per heavy atom. The Hall–Kier alpha value is -4.74. The van der Waals surface area contributed by atoms with E-state index in [1.807, 2.05) is 0 Å². The molecule has 34 heavy (non-hydrogen) atoms. The number of hydrogen-bond donors (Lipinski definition) is 3. The van der Waals surface area contributed by atoms with Crippen LogP contribution in [-0.2, 0) is 4.79 Å². The first kappa shape index (κ1) is 23.9. The number of hydrogen-bond acceptors (Lipinski definition) is 8. The first-order chi connectivity index (χ1) is 16.2. The lowest BCUT2D eigenvalue weighted by molar-refractivity contribution is -0.387. The van der Waals surface area contributed by atoms with Crippen molar-refractivity contribution in [3.8, 4) is 17.4 Å². The van der Waals surface area contributed by atoms with E-state index in [4.69, 9.17) is 9.47 Å². The predicted molar refractivity (Wildman–Crippen MR) is 120 cm³/mol. The number of halogens is 1. The highest BCUT2D eigenvalue weighted by atomic mass is 19.1. The van der Waals surface area contributed by atoms with Gasteiger partial charge in [-0.05, 0) is 48.4 Å². The molecule has 1 amide bonds. The van der Waals surface area contributed by atoms with Gasteiger partial charge in [-0.25, -0.2) is 4.39 Å². The highest BCUT2D eigenvalue weighted by molar-refractivity contribution is 5.92. The molecule has 0 fully saturated rings. The molecule has 0 atom stereocenters. The van der Waals surface area contributed by atoms with Crippen LogP contribution in [0.3, 0.4) is 0 Å². The third-order valence-electron chi connectivity index (χ3n) is 4.53. The van der Waals surface area contributed by atoms with Crippen LogP contribution >= 0.6 is 0 Å². The van der Waals surface area contributed by atoms with Gasteiger partial charge in [0.05, 0.1) is 12.0 Å². The minimum absolute atomic E-state index is 0.100. The van der Waals surface area contributed by atoms with Gasteiger partial charge in [0.1, 0.15) is 11.6 Å². The molecule has 11 nitrogen and oxygen atoms in total. The van der Waals surface area contributed by atoms with E-state index in [0.29, 0.717) is 22.6 Å². The van der Waals surface area contributed by atoms with E-state index in [-0.39, 0.29) is 18.2 Å².